The molecular formula is C17H16N6O2. The Kier molecular flexibility index (Phi) is 4.07. The van der Waals surface area contributed by atoms with Crippen molar-refractivity contribution in [3.8, 4) is 11.6 Å². The van der Waals surface area contributed by atoms with Gasteiger partial charge < -0.3 is 9.64 Å². The number of rotatable bonds is 4. The van der Waals surface area contributed by atoms with Gasteiger partial charge in [0.15, 0.2) is 0 Å². The quantitative estimate of drug-likeness (QED) is 0.715. The molecule has 1 aliphatic rings. The SMILES string of the molecule is O=C(c1ccccc1-n1cnnn1)N1CCC(Oc2ccccn2)C1. The average molecular weight is 336 g/mol. The number of aromatic nitrogens is 5. The molecular weight excluding hydrogens is 320 g/mol. The Morgan fingerprint density at radius 1 is 1.16 bits per heavy atom. The van der Waals surface area contributed by atoms with E-state index in [9.17, 15) is 4.79 Å². The zero-order valence-corrected chi connectivity index (χ0v) is 13.4. The maximum atomic E-state index is 12.9. The van der Waals surface area contributed by atoms with Crippen LogP contribution in [-0.2, 0) is 0 Å². The van der Waals surface area contributed by atoms with Crippen LogP contribution in [0, 0.1) is 0 Å². The fourth-order valence-corrected chi connectivity index (χ4v) is 2.89. The standard InChI is InChI=1S/C17H16N6O2/c24-17(14-5-1-2-6-15(14)23-12-19-20-21-23)22-10-8-13(11-22)25-16-7-3-4-9-18-16/h1-7,9,12-13H,8,10-11H2. The number of ether oxygens (including phenoxy) is 1. The maximum Gasteiger partial charge on any atom is 0.256 e. The number of hydrogen-bond acceptors (Lipinski definition) is 6. The highest BCUT2D eigenvalue weighted by Gasteiger charge is 2.29. The molecule has 0 spiro atoms. The first-order chi connectivity index (χ1) is 12.3. The molecule has 1 aromatic carbocycles. The van der Waals surface area contributed by atoms with Crippen LogP contribution < -0.4 is 4.74 Å². The molecule has 1 fully saturated rings. The number of hydrogen-bond donors (Lipinski definition) is 0. The Morgan fingerprint density at radius 3 is 2.84 bits per heavy atom. The highest BCUT2D eigenvalue weighted by molar-refractivity contribution is 5.97. The van der Waals surface area contributed by atoms with Crippen molar-refractivity contribution in [2.24, 2.45) is 0 Å². The van der Waals surface area contributed by atoms with Crippen LogP contribution in [0.4, 0.5) is 0 Å². The predicted octanol–water partition coefficient (Wildman–Crippen LogP) is 1.35. The summed E-state index contributed by atoms with van der Waals surface area (Å²) in [7, 11) is 0. The molecule has 0 aliphatic carbocycles. The van der Waals surface area contributed by atoms with Crippen LogP contribution in [-0.4, -0.2) is 55.2 Å². The molecule has 1 saturated heterocycles. The number of carbonyl (C=O) groups is 1. The van der Waals surface area contributed by atoms with Crippen LogP contribution in [0.5, 0.6) is 5.88 Å². The molecule has 126 valence electrons. The number of benzene rings is 1. The van der Waals surface area contributed by atoms with Crippen LogP contribution in [0.15, 0.2) is 55.0 Å². The molecule has 8 nitrogen and oxygen atoms in total. The molecule has 1 unspecified atom stereocenters. The van der Waals surface area contributed by atoms with Crippen LogP contribution in [0.1, 0.15) is 16.8 Å². The Morgan fingerprint density at radius 2 is 2.04 bits per heavy atom. The van der Waals surface area contributed by atoms with Gasteiger partial charge in [-0.3, -0.25) is 4.79 Å². The summed E-state index contributed by atoms with van der Waals surface area (Å²) in [5.41, 5.74) is 1.22. The van der Waals surface area contributed by atoms with Crippen molar-refractivity contribution >= 4 is 5.91 Å². The molecule has 3 aromatic rings. The van der Waals surface area contributed by atoms with Gasteiger partial charge in [0, 0.05) is 25.2 Å². The molecule has 1 amide bonds. The van der Waals surface area contributed by atoms with Gasteiger partial charge in [-0.05, 0) is 28.6 Å². The number of nitrogens with zero attached hydrogens (tertiary/aromatic N) is 6. The second kappa shape index (κ2) is 6.68. The summed E-state index contributed by atoms with van der Waals surface area (Å²) in [6.07, 6.45) is 3.88. The molecule has 1 aliphatic heterocycles. The molecule has 8 heteroatoms. The highest BCUT2D eigenvalue weighted by atomic mass is 16.5. The summed E-state index contributed by atoms with van der Waals surface area (Å²) in [4.78, 5) is 18.9. The molecule has 1 atom stereocenters. The molecule has 2 aromatic heterocycles. The van der Waals surface area contributed by atoms with Gasteiger partial charge in [0.1, 0.15) is 12.4 Å². The van der Waals surface area contributed by atoms with E-state index in [1.165, 1.54) is 11.0 Å². The Labute approximate surface area is 144 Å². The van der Waals surface area contributed by atoms with E-state index >= 15 is 0 Å². The summed E-state index contributed by atoms with van der Waals surface area (Å²) in [5, 5.41) is 11.2. The van der Waals surface area contributed by atoms with Crippen molar-refractivity contribution in [2.45, 2.75) is 12.5 Å². The topological polar surface area (TPSA) is 86.0 Å². The average Bonchev–Trinajstić information content (AvgIpc) is 3.34. The largest absolute Gasteiger partial charge is 0.472 e. The van der Waals surface area contributed by atoms with E-state index in [0.29, 0.717) is 30.2 Å². The molecule has 0 bridgehead atoms. The second-order valence-electron chi connectivity index (χ2n) is 5.72. The van der Waals surface area contributed by atoms with E-state index in [1.807, 2.05) is 36.4 Å². The lowest BCUT2D eigenvalue weighted by Crippen LogP contribution is -2.31. The Bertz CT molecular complexity index is 853. The van der Waals surface area contributed by atoms with E-state index in [1.54, 1.807) is 17.2 Å². The molecule has 0 radical (unpaired) electrons. The lowest BCUT2D eigenvalue weighted by molar-refractivity contribution is 0.0771. The molecule has 3 heterocycles. The number of para-hydroxylation sites is 1. The van der Waals surface area contributed by atoms with Crippen LogP contribution >= 0.6 is 0 Å². The van der Waals surface area contributed by atoms with Crippen molar-refractivity contribution in [1.82, 2.24) is 30.1 Å². The van der Waals surface area contributed by atoms with E-state index in [0.717, 1.165) is 6.42 Å². The van der Waals surface area contributed by atoms with Gasteiger partial charge in [-0.1, -0.05) is 18.2 Å². The van der Waals surface area contributed by atoms with E-state index < -0.39 is 0 Å². The van der Waals surface area contributed by atoms with Gasteiger partial charge in [0.25, 0.3) is 5.91 Å². The number of amides is 1. The lowest BCUT2D eigenvalue weighted by atomic mass is 10.1. The van der Waals surface area contributed by atoms with Crippen molar-refractivity contribution in [1.29, 1.82) is 0 Å². The summed E-state index contributed by atoms with van der Waals surface area (Å²) in [5.74, 6) is 0.522. The van der Waals surface area contributed by atoms with Gasteiger partial charge in [-0.25, -0.2) is 4.98 Å². The van der Waals surface area contributed by atoms with Gasteiger partial charge in [0.2, 0.25) is 5.88 Å². The third-order valence-electron chi connectivity index (χ3n) is 4.09. The van der Waals surface area contributed by atoms with Crippen LogP contribution in [0.3, 0.4) is 0 Å². The van der Waals surface area contributed by atoms with E-state index in [4.69, 9.17) is 4.74 Å². The fraction of sp³-hybridized carbons (Fsp3) is 0.235. The predicted molar refractivity (Wildman–Crippen MR) is 88.3 cm³/mol. The normalized spacial score (nSPS) is 16.8. The number of pyridine rings is 1. The summed E-state index contributed by atoms with van der Waals surface area (Å²) >= 11 is 0. The summed E-state index contributed by atoms with van der Waals surface area (Å²) in [6, 6.07) is 12.8. The number of carbonyl (C=O) groups excluding carboxylic acids is 1. The number of tetrazole rings is 1. The first-order valence-corrected chi connectivity index (χ1v) is 8.00. The Balaban J connectivity index is 1.49. The van der Waals surface area contributed by atoms with Crippen LogP contribution in [0.25, 0.3) is 5.69 Å². The molecule has 25 heavy (non-hydrogen) atoms. The van der Waals surface area contributed by atoms with Crippen molar-refractivity contribution < 1.29 is 9.53 Å². The van der Waals surface area contributed by atoms with Crippen molar-refractivity contribution in [2.75, 3.05) is 13.1 Å². The zero-order chi connectivity index (χ0) is 17.1. The lowest BCUT2D eigenvalue weighted by Gasteiger charge is -2.18. The number of likely N-dealkylation sites (tertiary alicyclic amines) is 1. The Hall–Kier alpha value is -3.29. The minimum atomic E-state index is -0.0572. The van der Waals surface area contributed by atoms with Crippen molar-refractivity contribution in [3.05, 3.63) is 60.6 Å². The third kappa shape index (κ3) is 3.18. The minimum Gasteiger partial charge on any atom is -0.472 e. The molecule has 0 saturated carbocycles. The van der Waals surface area contributed by atoms with Gasteiger partial charge in [0.05, 0.1) is 17.8 Å². The van der Waals surface area contributed by atoms with Gasteiger partial charge >= 0.3 is 0 Å². The highest BCUT2D eigenvalue weighted by Crippen LogP contribution is 2.21. The summed E-state index contributed by atoms with van der Waals surface area (Å²) < 4.78 is 7.34. The first kappa shape index (κ1) is 15.3. The van der Waals surface area contributed by atoms with E-state index in [2.05, 4.69) is 20.5 Å². The third-order valence-corrected chi connectivity index (χ3v) is 4.09. The minimum absolute atomic E-state index is 0.0564. The monoisotopic (exact) mass is 336 g/mol. The smallest absolute Gasteiger partial charge is 0.256 e. The first-order valence-electron chi connectivity index (χ1n) is 8.00. The summed E-state index contributed by atoms with van der Waals surface area (Å²) in [6.45, 7) is 1.17. The molecule has 0 N–H and O–H groups in total. The molecule has 4 rings (SSSR count). The van der Waals surface area contributed by atoms with E-state index in [-0.39, 0.29) is 12.0 Å². The van der Waals surface area contributed by atoms with Gasteiger partial charge in [-0.2, -0.15) is 4.68 Å². The van der Waals surface area contributed by atoms with Gasteiger partial charge in [-0.15, -0.1) is 5.10 Å². The fourth-order valence-electron chi connectivity index (χ4n) is 2.89. The second-order valence-corrected chi connectivity index (χ2v) is 5.72. The maximum absolute atomic E-state index is 12.9. The van der Waals surface area contributed by atoms with Crippen LogP contribution in [0.2, 0.25) is 0 Å². The zero-order valence-electron chi connectivity index (χ0n) is 13.4. The van der Waals surface area contributed by atoms with Crippen molar-refractivity contribution in [3.63, 3.8) is 0 Å².